The van der Waals surface area contributed by atoms with Gasteiger partial charge in [0.15, 0.2) is 17.3 Å². The molecular formula is C16H22FNO4. The van der Waals surface area contributed by atoms with Crippen LogP contribution >= 0.6 is 0 Å². The third-order valence-electron chi connectivity index (χ3n) is 2.53. The lowest BCUT2D eigenvalue weighted by atomic mass is 10.1. The molecule has 0 fully saturated rings. The van der Waals surface area contributed by atoms with Crippen molar-refractivity contribution in [2.24, 2.45) is 0 Å². The molecule has 122 valence electrons. The molecule has 0 saturated carbocycles. The lowest BCUT2D eigenvalue weighted by Crippen LogP contribution is -2.35. The zero-order valence-electron chi connectivity index (χ0n) is 13.4. The molecule has 5 nitrogen and oxygen atoms in total. The van der Waals surface area contributed by atoms with Crippen LogP contribution in [0.5, 0.6) is 5.75 Å². The molecule has 0 aliphatic heterocycles. The summed E-state index contributed by atoms with van der Waals surface area (Å²) in [6.07, 6.45) is -0.627. The molecule has 0 aromatic heterocycles. The van der Waals surface area contributed by atoms with Crippen LogP contribution in [-0.4, -0.2) is 30.6 Å². The van der Waals surface area contributed by atoms with Gasteiger partial charge >= 0.3 is 6.09 Å². The number of ether oxygens (including phenoxy) is 2. The van der Waals surface area contributed by atoms with E-state index in [-0.39, 0.29) is 24.5 Å². The first-order valence-electron chi connectivity index (χ1n) is 7.11. The maximum absolute atomic E-state index is 13.7. The van der Waals surface area contributed by atoms with Crippen LogP contribution in [0.3, 0.4) is 0 Å². The predicted octanol–water partition coefficient (Wildman–Crippen LogP) is 2.86. The van der Waals surface area contributed by atoms with Crippen molar-refractivity contribution >= 4 is 11.9 Å². The maximum Gasteiger partial charge on any atom is 0.408 e. The normalized spacial score (nSPS) is 11.0. The van der Waals surface area contributed by atoms with Crippen molar-refractivity contribution in [3.63, 3.8) is 0 Å². The van der Waals surface area contributed by atoms with E-state index in [0.29, 0.717) is 12.2 Å². The van der Waals surface area contributed by atoms with Crippen LogP contribution in [0.1, 0.15) is 33.3 Å². The van der Waals surface area contributed by atoms with E-state index in [4.69, 9.17) is 9.47 Å². The molecule has 0 spiro atoms. The van der Waals surface area contributed by atoms with Crippen molar-refractivity contribution in [1.29, 1.82) is 0 Å². The Kier molecular flexibility index (Phi) is 6.34. The van der Waals surface area contributed by atoms with Gasteiger partial charge in [-0.3, -0.25) is 4.79 Å². The Bertz CT molecular complexity index is 537. The minimum atomic E-state index is -0.654. The minimum absolute atomic E-state index is 0.0269. The Morgan fingerprint density at radius 2 is 1.95 bits per heavy atom. The first kappa shape index (κ1) is 17.9. The summed E-state index contributed by atoms with van der Waals surface area (Å²) in [4.78, 5) is 23.2. The third-order valence-corrected chi connectivity index (χ3v) is 2.53. The van der Waals surface area contributed by atoms with E-state index >= 15 is 0 Å². The van der Waals surface area contributed by atoms with Gasteiger partial charge in [0.1, 0.15) is 5.60 Å². The third kappa shape index (κ3) is 6.56. The molecular weight excluding hydrogens is 289 g/mol. The van der Waals surface area contributed by atoms with Crippen molar-refractivity contribution < 1.29 is 23.5 Å². The predicted molar refractivity (Wildman–Crippen MR) is 80.5 cm³/mol. The van der Waals surface area contributed by atoms with Gasteiger partial charge < -0.3 is 14.8 Å². The van der Waals surface area contributed by atoms with Crippen LogP contribution in [0.4, 0.5) is 9.18 Å². The molecule has 1 aromatic rings. The fraction of sp³-hybridized carbons (Fsp3) is 0.500. The Balaban J connectivity index is 2.48. The van der Waals surface area contributed by atoms with E-state index in [1.807, 2.05) is 0 Å². The van der Waals surface area contributed by atoms with Crippen molar-refractivity contribution in [2.45, 2.75) is 39.7 Å². The van der Waals surface area contributed by atoms with Crippen LogP contribution in [0, 0.1) is 5.82 Å². The van der Waals surface area contributed by atoms with Crippen LogP contribution in [-0.2, 0) is 16.0 Å². The lowest BCUT2D eigenvalue weighted by molar-refractivity contribution is -0.117. The van der Waals surface area contributed by atoms with Gasteiger partial charge in [-0.15, -0.1) is 0 Å². The highest BCUT2D eigenvalue weighted by atomic mass is 19.1. The molecule has 0 radical (unpaired) electrons. The Hall–Kier alpha value is -2.11. The van der Waals surface area contributed by atoms with Crippen molar-refractivity contribution in [3.8, 4) is 5.75 Å². The molecule has 1 N–H and O–H groups in total. The summed E-state index contributed by atoms with van der Waals surface area (Å²) in [6.45, 7) is 7.17. The van der Waals surface area contributed by atoms with Crippen LogP contribution in [0.2, 0.25) is 0 Å². The highest BCUT2D eigenvalue weighted by Gasteiger charge is 2.16. The molecule has 0 aliphatic carbocycles. The number of halogens is 1. The largest absolute Gasteiger partial charge is 0.491 e. The van der Waals surface area contributed by atoms with Crippen LogP contribution in [0.15, 0.2) is 18.2 Å². The number of hydrogen-bond donors (Lipinski definition) is 1. The molecule has 0 saturated heterocycles. The van der Waals surface area contributed by atoms with E-state index in [1.54, 1.807) is 33.8 Å². The number of rotatable bonds is 6. The molecule has 0 unspecified atom stereocenters. The summed E-state index contributed by atoms with van der Waals surface area (Å²) >= 11 is 0. The fourth-order valence-electron chi connectivity index (χ4n) is 1.70. The SMILES string of the molecule is CCOc1ccc(CC(=O)CNC(=O)OC(C)(C)C)cc1F. The second kappa shape index (κ2) is 7.77. The fourth-order valence-corrected chi connectivity index (χ4v) is 1.70. The van der Waals surface area contributed by atoms with Gasteiger partial charge in [-0.1, -0.05) is 6.07 Å². The second-order valence-electron chi connectivity index (χ2n) is 5.77. The second-order valence-corrected chi connectivity index (χ2v) is 5.77. The highest BCUT2D eigenvalue weighted by molar-refractivity contribution is 5.85. The molecule has 0 atom stereocenters. The van der Waals surface area contributed by atoms with E-state index in [9.17, 15) is 14.0 Å². The molecule has 0 heterocycles. The first-order chi connectivity index (χ1) is 10.2. The summed E-state index contributed by atoms with van der Waals surface area (Å²) in [5.41, 5.74) is -0.0947. The van der Waals surface area contributed by atoms with Gasteiger partial charge in [0.2, 0.25) is 0 Å². The molecule has 1 rings (SSSR count). The Morgan fingerprint density at radius 1 is 1.27 bits per heavy atom. The molecule has 1 aromatic carbocycles. The average molecular weight is 311 g/mol. The van der Waals surface area contributed by atoms with Crippen LogP contribution in [0.25, 0.3) is 0 Å². The zero-order chi connectivity index (χ0) is 16.8. The number of amides is 1. The number of carbonyl (C=O) groups is 2. The molecule has 0 bridgehead atoms. The number of Topliss-reactive ketones (excluding diaryl/α,β-unsaturated/α-hetero) is 1. The quantitative estimate of drug-likeness (QED) is 0.877. The number of hydrogen-bond acceptors (Lipinski definition) is 4. The summed E-state index contributed by atoms with van der Waals surface area (Å²) in [5, 5.41) is 2.38. The summed E-state index contributed by atoms with van der Waals surface area (Å²) in [6, 6.07) is 4.37. The Labute approximate surface area is 129 Å². The van der Waals surface area contributed by atoms with Gasteiger partial charge in [0.25, 0.3) is 0 Å². The van der Waals surface area contributed by atoms with Gasteiger partial charge in [-0.2, -0.15) is 0 Å². The van der Waals surface area contributed by atoms with Crippen molar-refractivity contribution in [3.05, 3.63) is 29.6 Å². The van der Waals surface area contributed by atoms with Gasteiger partial charge in [-0.05, 0) is 45.4 Å². The zero-order valence-corrected chi connectivity index (χ0v) is 13.4. The summed E-state index contributed by atoms with van der Waals surface area (Å²) in [5.74, 6) is -0.591. The maximum atomic E-state index is 13.7. The Morgan fingerprint density at radius 3 is 2.50 bits per heavy atom. The number of carbonyl (C=O) groups excluding carboxylic acids is 2. The first-order valence-corrected chi connectivity index (χ1v) is 7.11. The smallest absolute Gasteiger partial charge is 0.408 e. The lowest BCUT2D eigenvalue weighted by Gasteiger charge is -2.19. The molecule has 1 amide bonds. The van der Waals surface area contributed by atoms with Gasteiger partial charge in [0, 0.05) is 6.42 Å². The standard InChI is InChI=1S/C16H22FNO4/c1-5-21-14-7-6-11(9-13(14)17)8-12(19)10-18-15(20)22-16(2,3)4/h6-7,9H,5,8,10H2,1-4H3,(H,18,20). The molecule has 6 heteroatoms. The van der Waals surface area contributed by atoms with E-state index in [2.05, 4.69) is 5.32 Å². The van der Waals surface area contributed by atoms with Crippen LogP contribution < -0.4 is 10.1 Å². The number of alkyl carbamates (subject to hydrolysis) is 1. The minimum Gasteiger partial charge on any atom is -0.491 e. The van der Waals surface area contributed by atoms with Gasteiger partial charge in [-0.25, -0.2) is 9.18 Å². The molecule has 22 heavy (non-hydrogen) atoms. The average Bonchev–Trinajstić information content (AvgIpc) is 2.38. The number of nitrogens with one attached hydrogen (secondary N) is 1. The van der Waals surface area contributed by atoms with E-state index < -0.39 is 17.5 Å². The van der Waals surface area contributed by atoms with Gasteiger partial charge in [0.05, 0.1) is 13.2 Å². The topological polar surface area (TPSA) is 64.6 Å². The van der Waals surface area contributed by atoms with Crippen molar-refractivity contribution in [2.75, 3.05) is 13.2 Å². The summed E-state index contributed by atoms with van der Waals surface area (Å²) in [7, 11) is 0. The summed E-state index contributed by atoms with van der Waals surface area (Å²) < 4.78 is 23.8. The van der Waals surface area contributed by atoms with Crippen molar-refractivity contribution in [1.82, 2.24) is 5.32 Å². The number of ketones is 1. The molecule has 0 aliphatic rings. The number of benzene rings is 1. The van der Waals surface area contributed by atoms with E-state index in [0.717, 1.165) is 0 Å². The monoisotopic (exact) mass is 311 g/mol. The highest BCUT2D eigenvalue weighted by Crippen LogP contribution is 2.18. The van der Waals surface area contributed by atoms with E-state index in [1.165, 1.54) is 12.1 Å².